The van der Waals surface area contributed by atoms with Gasteiger partial charge in [0.05, 0.1) is 17.4 Å². The monoisotopic (exact) mass is 420 g/mol. The second-order valence-electron chi connectivity index (χ2n) is 6.35. The number of furan rings is 1. The van der Waals surface area contributed by atoms with Crippen LogP contribution in [0.3, 0.4) is 0 Å². The Morgan fingerprint density at radius 3 is 2.43 bits per heavy atom. The molecule has 1 heterocycles. The molecule has 0 fully saturated rings. The van der Waals surface area contributed by atoms with Crippen LogP contribution in [0.25, 0.3) is 0 Å². The van der Waals surface area contributed by atoms with Gasteiger partial charge in [0.1, 0.15) is 11.5 Å². The molecular weight excluding hydrogens is 401 g/mol. The molecule has 0 bridgehead atoms. The highest BCUT2D eigenvalue weighted by Gasteiger charge is 2.58. The number of hydrogen-bond acceptors (Lipinski definition) is 5. The van der Waals surface area contributed by atoms with Gasteiger partial charge in [-0.3, -0.25) is 4.79 Å². The van der Waals surface area contributed by atoms with Crippen molar-refractivity contribution in [3.05, 3.63) is 53.5 Å². The number of nitrogens with two attached hydrogens (primary N) is 1. The summed E-state index contributed by atoms with van der Waals surface area (Å²) in [6.07, 6.45) is -6.49. The minimum atomic E-state index is -5.16. The van der Waals surface area contributed by atoms with Gasteiger partial charge in [0.25, 0.3) is 0 Å². The topological polar surface area (TPSA) is 123 Å². The zero-order chi connectivity index (χ0) is 21.3. The average molecular weight is 420 g/mol. The molecule has 0 unspecified atom stereocenters. The lowest BCUT2D eigenvalue weighted by Gasteiger charge is -2.28. The van der Waals surface area contributed by atoms with Crippen molar-refractivity contribution in [2.24, 2.45) is 5.14 Å². The summed E-state index contributed by atoms with van der Waals surface area (Å²) in [5, 5.41) is 17.5. The molecule has 0 aliphatic heterocycles. The van der Waals surface area contributed by atoms with Crippen molar-refractivity contribution in [1.82, 2.24) is 5.32 Å². The Hall–Kier alpha value is -2.37. The molecule has 0 aliphatic rings. The lowest BCUT2D eigenvalue weighted by molar-refractivity contribution is -0.273. The molecule has 0 aliphatic carbocycles. The van der Waals surface area contributed by atoms with Crippen molar-refractivity contribution in [2.45, 2.75) is 43.0 Å². The molecule has 11 heteroatoms. The Labute approximate surface area is 159 Å². The lowest BCUT2D eigenvalue weighted by atomic mass is 9.95. The summed E-state index contributed by atoms with van der Waals surface area (Å²) in [5.74, 6) is -1.76. The number of nitrogens with one attached hydrogen (secondary N) is 1. The van der Waals surface area contributed by atoms with Crippen molar-refractivity contribution in [3.63, 3.8) is 0 Å². The Morgan fingerprint density at radius 2 is 1.93 bits per heavy atom. The van der Waals surface area contributed by atoms with Crippen molar-refractivity contribution < 1.29 is 35.9 Å². The number of aryl methyl sites for hydroxylation is 1. The predicted octanol–water partition coefficient (Wildman–Crippen LogP) is 2.25. The number of sulfonamides is 1. The molecule has 0 saturated heterocycles. The largest absolute Gasteiger partial charge is 0.463 e. The number of alkyl halides is 3. The van der Waals surface area contributed by atoms with Gasteiger partial charge in [0.15, 0.2) is 0 Å². The number of halogens is 3. The van der Waals surface area contributed by atoms with Gasteiger partial charge in [-0.2, -0.15) is 13.2 Å². The maximum atomic E-state index is 13.4. The molecule has 0 radical (unpaired) electrons. The molecule has 0 spiro atoms. The highest BCUT2D eigenvalue weighted by atomic mass is 32.2. The van der Waals surface area contributed by atoms with Crippen molar-refractivity contribution in [2.75, 3.05) is 0 Å². The summed E-state index contributed by atoms with van der Waals surface area (Å²) in [7, 11) is -3.98. The predicted molar refractivity (Wildman–Crippen MR) is 92.4 cm³/mol. The smallest absolute Gasteiger partial charge is 0.425 e. The minimum absolute atomic E-state index is 0.145. The maximum absolute atomic E-state index is 13.4. The molecule has 1 aromatic carbocycles. The first-order valence-corrected chi connectivity index (χ1v) is 9.57. The van der Waals surface area contributed by atoms with Gasteiger partial charge in [0.2, 0.25) is 21.5 Å². The quantitative estimate of drug-likeness (QED) is 0.662. The zero-order valence-corrected chi connectivity index (χ0v) is 15.8. The van der Waals surface area contributed by atoms with Gasteiger partial charge in [-0.25, -0.2) is 13.6 Å². The second-order valence-corrected chi connectivity index (χ2v) is 7.91. The van der Waals surface area contributed by atoms with Gasteiger partial charge in [-0.15, -0.1) is 0 Å². The molecule has 4 N–H and O–H groups in total. The van der Waals surface area contributed by atoms with E-state index in [0.29, 0.717) is 5.56 Å². The summed E-state index contributed by atoms with van der Waals surface area (Å²) < 4.78 is 68.0. The Morgan fingerprint density at radius 1 is 1.29 bits per heavy atom. The minimum Gasteiger partial charge on any atom is -0.463 e. The number of carbonyl (C=O) groups is 1. The van der Waals surface area contributed by atoms with Crippen LogP contribution in [0.5, 0.6) is 0 Å². The fourth-order valence-corrected chi connectivity index (χ4v) is 3.12. The SMILES string of the molecule is Cc1ccc([C@](O)(CC(=O)N[C@@H](C)c2cccc(S(N)(=O)=O)c2)C(F)(F)F)o1. The van der Waals surface area contributed by atoms with Crippen molar-refractivity contribution in [1.29, 1.82) is 0 Å². The van der Waals surface area contributed by atoms with Gasteiger partial charge in [-0.1, -0.05) is 12.1 Å². The fraction of sp³-hybridized carbons (Fsp3) is 0.353. The van der Waals surface area contributed by atoms with E-state index in [1.807, 2.05) is 0 Å². The number of carbonyl (C=O) groups excluding carboxylic acids is 1. The van der Waals surface area contributed by atoms with E-state index in [-0.39, 0.29) is 10.7 Å². The summed E-state index contributed by atoms with van der Waals surface area (Å²) in [6, 6.07) is 6.66. The van der Waals surface area contributed by atoms with Gasteiger partial charge in [-0.05, 0) is 43.7 Å². The molecule has 28 heavy (non-hydrogen) atoms. The van der Waals surface area contributed by atoms with Crippen LogP contribution in [0.2, 0.25) is 0 Å². The summed E-state index contributed by atoms with van der Waals surface area (Å²) in [6.45, 7) is 2.85. The Kier molecular flexibility index (Phi) is 5.93. The van der Waals surface area contributed by atoms with E-state index in [4.69, 9.17) is 9.56 Å². The van der Waals surface area contributed by atoms with Crippen LogP contribution < -0.4 is 10.5 Å². The Balaban J connectivity index is 2.22. The normalized spacial score (nSPS) is 15.7. The number of amides is 1. The van der Waals surface area contributed by atoms with E-state index in [1.54, 1.807) is 0 Å². The third-order valence-electron chi connectivity index (χ3n) is 4.10. The molecule has 2 atom stereocenters. The zero-order valence-electron chi connectivity index (χ0n) is 14.9. The molecule has 7 nitrogen and oxygen atoms in total. The first-order chi connectivity index (χ1) is 12.7. The lowest BCUT2D eigenvalue weighted by Crippen LogP contribution is -2.46. The third-order valence-corrected chi connectivity index (χ3v) is 5.01. The van der Waals surface area contributed by atoms with Crippen molar-refractivity contribution >= 4 is 15.9 Å². The van der Waals surface area contributed by atoms with Crippen LogP contribution in [0.4, 0.5) is 13.2 Å². The van der Waals surface area contributed by atoms with Crippen LogP contribution in [0.1, 0.15) is 36.5 Å². The van der Waals surface area contributed by atoms with Crippen LogP contribution in [0, 0.1) is 6.92 Å². The van der Waals surface area contributed by atoms with E-state index >= 15 is 0 Å². The average Bonchev–Trinajstić information content (AvgIpc) is 3.00. The van der Waals surface area contributed by atoms with Crippen LogP contribution in [-0.4, -0.2) is 25.6 Å². The number of primary sulfonamides is 1. The molecule has 1 aromatic heterocycles. The first kappa shape index (κ1) is 21.9. The molecular formula is C17H19F3N2O5S. The van der Waals surface area contributed by atoms with Crippen LogP contribution in [0.15, 0.2) is 45.7 Å². The Bertz CT molecular complexity index is 971. The highest BCUT2D eigenvalue weighted by molar-refractivity contribution is 7.89. The number of rotatable bonds is 6. The van der Waals surface area contributed by atoms with Crippen LogP contribution >= 0.6 is 0 Å². The van der Waals surface area contributed by atoms with Gasteiger partial charge >= 0.3 is 6.18 Å². The highest BCUT2D eigenvalue weighted by Crippen LogP contribution is 2.42. The molecule has 2 rings (SSSR count). The van der Waals surface area contributed by atoms with E-state index < -0.39 is 45.9 Å². The van der Waals surface area contributed by atoms with Crippen LogP contribution in [-0.2, 0) is 20.4 Å². The second kappa shape index (κ2) is 7.57. The maximum Gasteiger partial charge on any atom is 0.425 e. The van der Waals surface area contributed by atoms with Gasteiger partial charge < -0.3 is 14.8 Å². The van der Waals surface area contributed by atoms with Gasteiger partial charge in [0, 0.05) is 0 Å². The van der Waals surface area contributed by atoms with E-state index in [1.165, 1.54) is 44.2 Å². The van der Waals surface area contributed by atoms with E-state index in [9.17, 15) is 31.5 Å². The summed E-state index contributed by atoms with van der Waals surface area (Å²) in [4.78, 5) is 12.0. The third kappa shape index (κ3) is 4.72. The van der Waals surface area contributed by atoms with E-state index in [0.717, 1.165) is 6.07 Å². The van der Waals surface area contributed by atoms with Crippen molar-refractivity contribution in [3.8, 4) is 0 Å². The molecule has 0 saturated carbocycles. The molecule has 2 aromatic rings. The molecule has 1 amide bonds. The molecule has 154 valence electrons. The number of hydrogen-bond donors (Lipinski definition) is 3. The fourth-order valence-electron chi connectivity index (χ4n) is 2.55. The first-order valence-electron chi connectivity index (χ1n) is 8.02. The number of benzene rings is 1. The standard InChI is InChI=1S/C17H19F3N2O5S/c1-10-6-7-14(27-10)16(24,17(18,19)20)9-15(23)22-11(2)12-4-3-5-13(8-12)28(21,25)26/h3-8,11,24H,9H2,1-2H3,(H,22,23)(H2,21,25,26)/t11-,16+/m0/s1. The number of aliphatic hydroxyl groups is 1. The van der Waals surface area contributed by atoms with E-state index in [2.05, 4.69) is 5.32 Å². The summed E-state index contributed by atoms with van der Waals surface area (Å²) >= 11 is 0. The summed E-state index contributed by atoms with van der Waals surface area (Å²) in [5.41, 5.74) is -3.20.